The summed E-state index contributed by atoms with van der Waals surface area (Å²) in [5.74, 6) is -1.41. The summed E-state index contributed by atoms with van der Waals surface area (Å²) in [6.45, 7) is 4.47. The van der Waals surface area contributed by atoms with Crippen LogP contribution in [-0.4, -0.2) is 31.1 Å². The SMILES string of the molecule is Cc1cc(C)cc(C(=O)OCCCCCCOC(=O)/C=C/c2ccc(OC(=O)c3ccc(C(F)(F)F)cc3)cc2)c1. The van der Waals surface area contributed by atoms with E-state index in [1.54, 1.807) is 30.3 Å². The third kappa shape index (κ3) is 10.6. The summed E-state index contributed by atoms with van der Waals surface area (Å²) in [5.41, 5.74) is 2.37. The number of alkyl halides is 3. The minimum absolute atomic E-state index is 0.0127. The zero-order chi connectivity index (χ0) is 29.8. The van der Waals surface area contributed by atoms with Crippen molar-refractivity contribution < 1.29 is 41.8 Å². The summed E-state index contributed by atoms with van der Waals surface area (Å²) in [5, 5.41) is 0. The molecule has 0 atom stereocenters. The van der Waals surface area contributed by atoms with E-state index in [0.29, 0.717) is 24.2 Å². The molecule has 0 bridgehead atoms. The molecular formula is C32H31F3O6. The molecule has 0 spiro atoms. The van der Waals surface area contributed by atoms with E-state index in [1.807, 2.05) is 19.9 Å². The van der Waals surface area contributed by atoms with Gasteiger partial charge in [0, 0.05) is 6.08 Å². The molecule has 0 aliphatic rings. The van der Waals surface area contributed by atoms with E-state index >= 15 is 0 Å². The van der Waals surface area contributed by atoms with Crippen LogP contribution >= 0.6 is 0 Å². The predicted molar refractivity (Wildman–Crippen MR) is 148 cm³/mol. The van der Waals surface area contributed by atoms with Gasteiger partial charge in [0.2, 0.25) is 0 Å². The molecule has 0 fully saturated rings. The van der Waals surface area contributed by atoms with Crippen LogP contribution in [0.15, 0.2) is 72.8 Å². The second-order valence-electron chi connectivity index (χ2n) is 9.46. The minimum atomic E-state index is -4.49. The average Bonchev–Trinajstić information content (AvgIpc) is 2.93. The van der Waals surface area contributed by atoms with Gasteiger partial charge in [-0.25, -0.2) is 14.4 Å². The van der Waals surface area contributed by atoms with Crippen LogP contribution in [0.5, 0.6) is 5.75 Å². The molecule has 3 aromatic rings. The summed E-state index contributed by atoms with van der Waals surface area (Å²) in [7, 11) is 0. The van der Waals surface area contributed by atoms with Crippen LogP contribution in [0.2, 0.25) is 0 Å². The molecule has 0 unspecified atom stereocenters. The van der Waals surface area contributed by atoms with Crippen molar-refractivity contribution in [2.45, 2.75) is 45.7 Å². The highest BCUT2D eigenvalue weighted by Crippen LogP contribution is 2.29. The van der Waals surface area contributed by atoms with Crippen LogP contribution < -0.4 is 4.74 Å². The van der Waals surface area contributed by atoms with E-state index in [-0.39, 0.29) is 23.9 Å². The summed E-state index contributed by atoms with van der Waals surface area (Å²) in [6.07, 6.45) is 1.42. The number of unbranched alkanes of at least 4 members (excludes halogenated alkanes) is 3. The maximum atomic E-state index is 12.7. The lowest BCUT2D eigenvalue weighted by Gasteiger charge is -2.08. The van der Waals surface area contributed by atoms with Gasteiger partial charge in [-0.1, -0.05) is 29.3 Å². The Hall–Kier alpha value is -4.40. The fraction of sp³-hybridized carbons (Fsp3) is 0.281. The summed E-state index contributed by atoms with van der Waals surface area (Å²) in [6, 6.07) is 15.6. The number of halogens is 3. The van der Waals surface area contributed by atoms with Gasteiger partial charge in [0.25, 0.3) is 0 Å². The number of hydrogen-bond donors (Lipinski definition) is 0. The van der Waals surface area contributed by atoms with Crippen LogP contribution in [-0.2, 0) is 20.4 Å². The first-order chi connectivity index (χ1) is 19.5. The molecule has 3 aromatic carbocycles. The van der Waals surface area contributed by atoms with Gasteiger partial charge in [-0.2, -0.15) is 13.2 Å². The van der Waals surface area contributed by atoms with Gasteiger partial charge in [-0.3, -0.25) is 0 Å². The first-order valence-electron chi connectivity index (χ1n) is 13.1. The normalized spacial score (nSPS) is 11.3. The predicted octanol–water partition coefficient (Wildman–Crippen LogP) is 7.52. The maximum absolute atomic E-state index is 12.7. The Morgan fingerprint density at radius 3 is 1.88 bits per heavy atom. The molecule has 216 valence electrons. The van der Waals surface area contributed by atoms with Crippen molar-refractivity contribution in [2.24, 2.45) is 0 Å². The lowest BCUT2D eigenvalue weighted by atomic mass is 10.1. The number of rotatable bonds is 12. The number of carbonyl (C=O) groups excluding carboxylic acids is 3. The average molecular weight is 569 g/mol. The minimum Gasteiger partial charge on any atom is -0.463 e. The first-order valence-corrected chi connectivity index (χ1v) is 13.1. The topological polar surface area (TPSA) is 78.9 Å². The number of aryl methyl sites for hydroxylation is 2. The fourth-order valence-electron chi connectivity index (χ4n) is 3.89. The van der Waals surface area contributed by atoms with Gasteiger partial charge in [-0.05, 0) is 99.7 Å². The molecule has 6 nitrogen and oxygen atoms in total. The first kappa shape index (κ1) is 31.1. The van der Waals surface area contributed by atoms with Gasteiger partial charge < -0.3 is 14.2 Å². The van der Waals surface area contributed by atoms with E-state index in [4.69, 9.17) is 14.2 Å². The zero-order valence-corrected chi connectivity index (χ0v) is 22.8. The summed E-state index contributed by atoms with van der Waals surface area (Å²) < 4.78 is 53.7. The monoisotopic (exact) mass is 568 g/mol. The fourth-order valence-corrected chi connectivity index (χ4v) is 3.89. The number of hydrogen-bond acceptors (Lipinski definition) is 6. The highest BCUT2D eigenvalue weighted by molar-refractivity contribution is 5.91. The van der Waals surface area contributed by atoms with Crippen molar-refractivity contribution in [3.8, 4) is 5.75 Å². The third-order valence-electron chi connectivity index (χ3n) is 5.92. The van der Waals surface area contributed by atoms with Gasteiger partial charge in [0.05, 0.1) is 29.9 Å². The van der Waals surface area contributed by atoms with Crippen molar-refractivity contribution >= 4 is 24.0 Å². The lowest BCUT2D eigenvalue weighted by molar-refractivity contribution is -0.138. The van der Waals surface area contributed by atoms with Crippen LogP contribution in [0.3, 0.4) is 0 Å². The molecular weight excluding hydrogens is 537 g/mol. The molecule has 0 heterocycles. The van der Waals surface area contributed by atoms with Gasteiger partial charge in [0.1, 0.15) is 5.75 Å². The van der Waals surface area contributed by atoms with Gasteiger partial charge >= 0.3 is 24.1 Å². The van der Waals surface area contributed by atoms with Crippen molar-refractivity contribution in [1.82, 2.24) is 0 Å². The molecule has 0 saturated carbocycles. The molecule has 41 heavy (non-hydrogen) atoms. The molecule has 9 heteroatoms. The maximum Gasteiger partial charge on any atom is 0.416 e. The van der Waals surface area contributed by atoms with Crippen molar-refractivity contribution in [1.29, 1.82) is 0 Å². The van der Waals surface area contributed by atoms with Crippen LogP contribution in [0.4, 0.5) is 13.2 Å². The second-order valence-corrected chi connectivity index (χ2v) is 9.46. The van der Waals surface area contributed by atoms with Gasteiger partial charge in [0.15, 0.2) is 0 Å². The van der Waals surface area contributed by atoms with Crippen LogP contribution in [0, 0.1) is 13.8 Å². The standard InChI is InChI=1S/C32H31F3O6/c1-22-19-23(2)21-26(20-22)30(37)40-18-6-4-3-5-17-39-29(36)16-9-24-7-14-28(15-8-24)41-31(38)25-10-12-27(13-11-25)32(33,34)35/h7-16,19-21H,3-6,17-18H2,1-2H3/b16-9+. The Kier molecular flexibility index (Phi) is 11.3. The highest BCUT2D eigenvalue weighted by atomic mass is 19.4. The van der Waals surface area contributed by atoms with Crippen molar-refractivity contribution in [3.63, 3.8) is 0 Å². The van der Waals surface area contributed by atoms with Crippen molar-refractivity contribution in [2.75, 3.05) is 13.2 Å². The van der Waals surface area contributed by atoms with Crippen LogP contribution in [0.25, 0.3) is 6.08 Å². The van der Waals surface area contributed by atoms with E-state index in [9.17, 15) is 27.6 Å². The quantitative estimate of drug-likeness (QED) is 0.0974. The van der Waals surface area contributed by atoms with E-state index in [1.165, 1.54) is 18.2 Å². The van der Waals surface area contributed by atoms with E-state index in [0.717, 1.165) is 54.7 Å². The second kappa shape index (κ2) is 14.8. The number of benzene rings is 3. The van der Waals surface area contributed by atoms with Gasteiger partial charge in [-0.15, -0.1) is 0 Å². The molecule has 0 radical (unpaired) electrons. The van der Waals surface area contributed by atoms with E-state index in [2.05, 4.69) is 0 Å². The molecule has 0 N–H and O–H groups in total. The Morgan fingerprint density at radius 1 is 0.707 bits per heavy atom. The van der Waals surface area contributed by atoms with Crippen LogP contribution in [0.1, 0.15) is 68.7 Å². The lowest BCUT2D eigenvalue weighted by Crippen LogP contribution is -2.10. The molecule has 0 amide bonds. The molecule has 3 rings (SSSR count). The summed E-state index contributed by atoms with van der Waals surface area (Å²) in [4.78, 5) is 36.3. The van der Waals surface area contributed by atoms with E-state index < -0.39 is 23.7 Å². The smallest absolute Gasteiger partial charge is 0.416 e. The zero-order valence-electron chi connectivity index (χ0n) is 22.8. The largest absolute Gasteiger partial charge is 0.463 e. The summed E-state index contributed by atoms with van der Waals surface area (Å²) >= 11 is 0. The Balaban J connectivity index is 1.29. The molecule has 0 saturated heterocycles. The Morgan fingerprint density at radius 2 is 1.29 bits per heavy atom. The highest BCUT2D eigenvalue weighted by Gasteiger charge is 2.30. The molecule has 0 aromatic heterocycles. The third-order valence-corrected chi connectivity index (χ3v) is 5.92. The number of ether oxygens (including phenoxy) is 3. The molecule has 0 aliphatic carbocycles. The Bertz CT molecular complexity index is 1340. The Labute approximate surface area is 236 Å². The number of esters is 3. The van der Waals surface area contributed by atoms with Crippen molar-refractivity contribution in [3.05, 3.63) is 106 Å². The number of carbonyl (C=O) groups is 3. The molecule has 0 aliphatic heterocycles.